The van der Waals surface area contributed by atoms with Gasteiger partial charge in [0.05, 0.1) is 13.7 Å². The Hall–Kier alpha value is -3.22. The van der Waals surface area contributed by atoms with E-state index in [1.165, 1.54) is 0 Å². The van der Waals surface area contributed by atoms with Crippen LogP contribution in [0.3, 0.4) is 0 Å². The minimum Gasteiger partial charge on any atom is -0.493 e. The van der Waals surface area contributed by atoms with Crippen molar-refractivity contribution in [2.75, 3.05) is 40.0 Å². The highest BCUT2D eigenvalue weighted by Gasteiger charge is 2.27. The van der Waals surface area contributed by atoms with E-state index in [1.54, 1.807) is 12.0 Å². The Labute approximate surface area is 176 Å². The van der Waals surface area contributed by atoms with E-state index < -0.39 is 0 Å². The molecule has 0 spiro atoms. The van der Waals surface area contributed by atoms with Crippen LogP contribution in [0.15, 0.2) is 54.6 Å². The molecular formula is C23H28N2O5. The molecule has 2 amide bonds. The van der Waals surface area contributed by atoms with Gasteiger partial charge in [-0.05, 0) is 37.1 Å². The number of amides is 2. The second-order valence-electron chi connectivity index (χ2n) is 7.05. The maximum atomic E-state index is 12.4. The van der Waals surface area contributed by atoms with E-state index in [-0.39, 0.29) is 24.3 Å². The molecule has 0 bridgehead atoms. The van der Waals surface area contributed by atoms with Gasteiger partial charge in [-0.2, -0.15) is 0 Å². The fourth-order valence-electron chi connectivity index (χ4n) is 3.36. The number of carbonyl (C=O) groups excluding carboxylic acids is 2. The van der Waals surface area contributed by atoms with E-state index in [0.29, 0.717) is 56.3 Å². The average Bonchev–Trinajstić information content (AvgIpc) is 2.81. The van der Waals surface area contributed by atoms with Gasteiger partial charge in [0, 0.05) is 19.0 Å². The van der Waals surface area contributed by atoms with Gasteiger partial charge < -0.3 is 24.4 Å². The predicted molar refractivity (Wildman–Crippen MR) is 113 cm³/mol. The summed E-state index contributed by atoms with van der Waals surface area (Å²) in [5.41, 5.74) is 0. The fourth-order valence-corrected chi connectivity index (χ4v) is 3.36. The molecular weight excluding hydrogens is 384 g/mol. The summed E-state index contributed by atoms with van der Waals surface area (Å²) in [4.78, 5) is 26.5. The van der Waals surface area contributed by atoms with Crippen LogP contribution < -0.4 is 19.5 Å². The summed E-state index contributed by atoms with van der Waals surface area (Å²) in [7, 11) is 1.59. The fraction of sp³-hybridized carbons (Fsp3) is 0.391. The van der Waals surface area contributed by atoms with Crippen LogP contribution in [-0.2, 0) is 9.59 Å². The zero-order valence-corrected chi connectivity index (χ0v) is 17.2. The topological polar surface area (TPSA) is 77.1 Å². The minimum atomic E-state index is -0.0876. The number of ether oxygens (including phenoxy) is 3. The summed E-state index contributed by atoms with van der Waals surface area (Å²) in [6.45, 7) is 1.92. The summed E-state index contributed by atoms with van der Waals surface area (Å²) in [6, 6.07) is 16.7. The van der Waals surface area contributed by atoms with Crippen LogP contribution in [0, 0.1) is 5.92 Å². The van der Waals surface area contributed by atoms with E-state index in [2.05, 4.69) is 5.32 Å². The lowest BCUT2D eigenvalue weighted by Gasteiger charge is -2.31. The minimum absolute atomic E-state index is 0.00580. The molecule has 0 aromatic heterocycles. The summed E-state index contributed by atoms with van der Waals surface area (Å²) in [5, 5.41) is 2.92. The van der Waals surface area contributed by atoms with Crippen molar-refractivity contribution in [1.82, 2.24) is 10.2 Å². The molecule has 0 aliphatic carbocycles. The summed E-state index contributed by atoms with van der Waals surface area (Å²) in [6.07, 6.45) is 1.30. The molecule has 1 fully saturated rings. The van der Waals surface area contributed by atoms with E-state index >= 15 is 0 Å². The third-order valence-electron chi connectivity index (χ3n) is 5.05. The largest absolute Gasteiger partial charge is 0.493 e. The number of carbonyl (C=O) groups is 2. The van der Waals surface area contributed by atoms with Gasteiger partial charge in [0.15, 0.2) is 18.1 Å². The van der Waals surface area contributed by atoms with Crippen molar-refractivity contribution in [3.63, 3.8) is 0 Å². The third kappa shape index (κ3) is 6.14. The van der Waals surface area contributed by atoms with Gasteiger partial charge in [-0.15, -0.1) is 0 Å². The third-order valence-corrected chi connectivity index (χ3v) is 5.05. The first kappa shape index (κ1) is 21.5. The zero-order valence-electron chi connectivity index (χ0n) is 17.2. The van der Waals surface area contributed by atoms with E-state index in [1.807, 2.05) is 54.6 Å². The van der Waals surface area contributed by atoms with Crippen LogP contribution in [0.2, 0.25) is 0 Å². The van der Waals surface area contributed by atoms with Crippen LogP contribution in [0.1, 0.15) is 12.8 Å². The first-order chi connectivity index (χ1) is 14.7. The monoisotopic (exact) mass is 412 g/mol. The second kappa shape index (κ2) is 11.1. The first-order valence-corrected chi connectivity index (χ1v) is 10.2. The van der Waals surface area contributed by atoms with Crippen molar-refractivity contribution >= 4 is 11.8 Å². The Bertz CT molecular complexity index is 819. The van der Waals surface area contributed by atoms with E-state index in [9.17, 15) is 9.59 Å². The number of nitrogens with zero attached hydrogens (tertiary/aromatic N) is 1. The second-order valence-corrected chi connectivity index (χ2v) is 7.05. The van der Waals surface area contributed by atoms with Crippen LogP contribution in [0.25, 0.3) is 0 Å². The lowest BCUT2D eigenvalue weighted by atomic mass is 9.96. The van der Waals surface area contributed by atoms with Gasteiger partial charge in [0.2, 0.25) is 5.91 Å². The Morgan fingerprint density at radius 3 is 2.33 bits per heavy atom. The molecule has 2 aromatic rings. The Morgan fingerprint density at radius 1 is 0.967 bits per heavy atom. The molecule has 2 aromatic carbocycles. The summed E-state index contributed by atoms with van der Waals surface area (Å²) in [5.74, 6) is 1.86. The van der Waals surface area contributed by atoms with Crippen LogP contribution in [0.5, 0.6) is 17.2 Å². The zero-order chi connectivity index (χ0) is 21.2. The van der Waals surface area contributed by atoms with Crippen molar-refractivity contribution in [2.45, 2.75) is 12.8 Å². The molecule has 3 rings (SSSR count). The van der Waals surface area contributed by atoms with Gasteiger partial charge in [-0.25, -0.2) is 0 Å². The highest BCUT2D eigenvalue weighted by molar-refractivity contribution is 5.80. The highest BCUT2D eigenvalue weighted by Crippen LogP contribution is 2.25. The quantitative estimate of drug-likeness (QED) is 0.641. The maximum Gasteiger partial charge on any atom is 0.260 e. The molecule has 0 atom stereocenters. The lowest BCUT2D eigenvalue weighted by molar-refractivity contribution is -0.137. The molecule has 0 radical (unpaired) electrons. The molecule has 7 nitrogen and oxygen atoms in total. The van der Waals surface area contributed by atoms with E-state index in [0.717, 1.165) is 0 Å². The van der Waals surface area contributed by atoms with Crippen LogP contribution in [-0.4, -0.2) is 56.7 Å². The number of piperidine rings is 1. The van der Waals surface area contributed by atoms with Gasteiger partial charge in [0.25, 0.3) is 5.91 Å². The molecule has 1 N–H and O–H groups in total. The number of likely N-dealkylation sites (tertiary alicyclic amines) is 1. The van der Waals surface area contributed by atoms with Crippen molar-refractivity contribution in [2.24, 2.45) is 5.92 Å². The molecule has 7 heteroatoms. The Kier molecular flexibility index (Phi) is 7.94. The summed E-state index contributed by atoms with van der Waals surface area (Å²) >= 11 is 0. The van der Waals surface area contributed by atoms with Crippen molar-refractivity contribution in [1.29, 1.82) is 0 Å². The molecule has 30 heavy (non-hydrogen) atoms. The van der Waals surface area contributed by atoms with Gasteiger partial charge in [0.1, 0.15) is 12.4 Å². The predicted octanol–water partition coefficient (Wildman–Crippen LogP) is 2.51. The maximum absolute atomic E-state index is 12.4. The molecule has 0 unspecified atom stereocenters. The Balaban J connectivity index is 1.33. The molecule has 1 heterocycles. The lowest BCUT2D eigenvalue weighted by Crippen LogP contribution is -2.45. The number of rotatable bonds is 9. The molecule has 1 saturated heterocycles. The van der Waals surface area contributed by atoms with Gasteiger partial charge >= 0.3 is 0 Å². The SMILES string of the molecule is COc1ccccc1OCCNC(=O)C1CCN(C(=O)COc2ccccc2)CC1. The normalized spacial score (nSPS) is 14.1. The number of hydrogen-bond acceptors (Lipinski definition) is 5. The van der Waals surface area contributed by atoms with E-state index in [4.69, 9.17) is 14.2 Å². The van der Waals surface area contributed by atoms with Crippen molar-refractivity contribution in [3.8, 4) is 17.2 Å². The van der Waals surface area contributed by atoms with Crippen LogP contribution in [0.4, 0.5) is 0 Å². The average molecular weight is 412 g/mol. The Morgan fingerprint density at radius 2 is 1.63 bits per heavy atom. The summed E-state index contributed by atoms with van der Waals surface area (Å²) < 4.78 is 16.4. The van der Waals surface area contributed by atoms with Gasteiger partial charge in [-0.1, -0.05) is 30.3 Å². The number of methoxy groups -OCH3 is 1. The van der Waals surface area contributed by atoms with Crippen LogP contribution >= 0.6 is 0 Å². The highest BCUT2D eigenvalue weighted by atomic mass is 16.5. The van der Waals surface area contributed by atoms with Gasteiger partial charge in [-0.3, -0.25) is 9.59 Å². The smallest absolute Gasteiger partial charge is 0.260 e. The van der Waals surface area contributed by atoms with Crippen molar-refractivity contribution in [3.05, 3.63) is 54.6 Å². The van der Waals surface area contributed by atoms with Crippen molar-refractivity contribution < 1.29 is 23.8 Å². The first-order valence-electron chi connectivity index (χ1n) is 10.2. The molecule has 160 valence electrons. The molecule has 1 aliphatic heterocycles. The number of para-hydroxylation sites is 3. The standard InChI is InChI=1S/C23H28N2O5/c1-28-20-9-5-6-10-21(20)29-16-13-24-23(27)18-11-14-25(15-12-18)22(26)17-30-19-7-3-2-4-8-19/h2-10,18H,11-17H2,1H3,(H,24,27). The number of hydrogen-bond donors (Lipinski definition) is 1. The number of nitrogens with one attached hydrogen (secondary N) is 1. The number of benzene rings is 2. The molecule has 0 saturated carbocycles. The molecule has 1 aliphatic rings.